The van der Waals surface area contributed by atoms with Gasteiger partial charge >= 0.3 is 11.9 Å². The largest absolute Gasteiger partial charge is 0.478 e. The van der Waals surface area contributed by atoms with Gasteiger partial charge in [-0.3, -0.25) is 0 Å². The highest BCUT2D eigenvalue weighted by Crippen LogP contribution is 2.30. The zero-order valence-corrected chi connectivity index (χ0v) is 10.8. The van der Waals surface area contributed by atoms with E-state index in [1.807, 2.05) is 0 Å². The second kappa shape index (κ2) is 4.76. The van der Waals surface area contributed by atoms with Crippen LogP contribution in [0.3, 0.4) is 0 Å². The van der Waals surface area contributed by atoms with Gasteiger partial charge in [0.1, 0.15) is 0 Å². The van der Waals surface area contributed by atoms with Gasteiger partial charge in [0.05, 0.1) is 18.2 Å². The van der Waals surface area contributed by atoms with Crippen LogP contribution in [0, 0.1) is 0 Å². The van der Waals surface area contributed by atoms with Crippen LogP contribution in [0.1, 0.15) is 20.7 Å². The number of aromatic carboxylic acids is 1. The normalized spacial score (nSPS) is 9.80. The molecule has 6 heteroatoms. The molecule has 0 radical (unpaired) electrons. The first kappa shape index (κ1) is 12.2. The van der Waals surface area contributed by atoms with Crippen molar-refractivity contribution in [1.82, 2.24) is 0 Å². The van der Waals surface area contributed by atoms with E-state index in [1.165, 1.54) is 19.2 Å². The molecule has 0 aliphatic heterocycles. The summed E-state index contributed by atoms with van der Waals surface area (Å²) in [6.45, 7) is 0. The Morgan fingerprint density at radius 3 is 2.13 bits per heavy atom. The fourth-order valence-electron chi connectivity index (χ4n) is 0.982. The zero-order chi connectivity index (χ0) is 11.6. The number of carbonyl (C=O) groups is 2. The van der Waals surface area contributed by atoms with Crippen LogP contribution >= 0.6 is 31.9 Å². The van der Waals surface area contributed by atoms with Crippen LogP contribution in [-0.2, 0) is 4.74 Å². The molecule has 0 amide bonds. The summed E-state index contributed by atoms with van der Waals surface area (Å²) in [5.74, 6) is -1.60. The van der Waals surface area contributed by atoms with Gasteiger partial charge in [-0.05, 0) is 44.0 Å². The summed E-state index contributed by atoms with van der Waals surface area (Å²) in [6, 6.07) is 2.73. The first-order valence-corrected chi connectivity index (χ1v) is 5.37. The molecule has 0 aliphatic rings. The monoisotopic (exact) mass is 336 g/mol. The predicted molar refractivity (Wildman–Crippen MR) is 60.1 cm³/mol. The van der Waals surface area contributed by atoms with Crippen LogP contribution in [0.25, 0.3) is 0 Å². The zero-order valence-electron chi connectivity index (χ0n) is 7.58. The molecule has 0 spiro atoms. The quantitative estimate of drug-likeness (QED) is 0.843. The van der Waals surface area contributed by atoms with Crippen molar-refractivity contribution in [2.24, 2.45) is 0 Å². The van der Waals surface area contributed by atoms with Crippen LogP contribution in [0.4, 0.5) is 0 Å². The van der Waals surface area contributed by atoms with Crippen molar-refractivity contribution < 1.29 is 19.4 Å². The molecule has 1 rings (SSSR count). The third kappa shape index (κ3) is 2.38. The van der Waals surface area contributed by atoms with E-state index in [9.17, 15) is 9.59 Å². The number of carbonyl (C=O) groups excluding carboxylic acids is 1. The fraction of sp³-hybridized carbons (Fsp3) is 0.111. The van der Waals surface area contributed by atoms with E-state index in [2.05, 4.69) is 36.6 Å². The highest BCUT2D eigenvalue weighted by Gasteiger charge is 2.18. The van der Waals surface area contributed by atoms with Gasteiger partial charge in [-0.1, -0.05) is 0 Å². The first-order chi connectivity index (χ1) is 6.99. The Bertz CT molecular complexity index is 428. The van der Waals surface area contributed by atoms with Crippen LogP contribution in [0.2, 0.25) is 0 Å². The number of halogens is 2. The maximum absolute atomic E-state index is 11.2. The Labute approximate surface area is 102 Å². The molecule has 1 N–H and O–H groups in total. The van der Waals surface area contributed by atoms with Crippen LogP contribution < -0.4 is 0 Å². The van der Waals surface area contributed by atoms with Gasteiger partial charge in [-0.2, -0.15) is 0 Å². The predicted octanol–water partition coefficient (Wildman–Crippen LogP) is 2.70. The average Bonchev–Trinajstić information content (AvgIpc) is 2.20. The lowest BCUT2D eigenvalue weighted by Crippen LogP contribution is -2.05. The number of carboxylic acid groups (broad SMARTS) is 1. The molecule has 0 bridgehead atoms. The smallest absolute Gasteiger partial charge is 0.339 e. The van der Waals surface area contributed by atoms with Crippen LogP contribution in [0.5, 0.6) is 0 Å². The summed E-state index contributed by atoms with van der Waals surface area (Å²) in [6.07, 6.45) is 0. The van der Waals surface area contributed by atoms with Gasteiger partial charge in [0.2, 0.25) is 0 Å². The summed E-state index contributed by atoms with van der Waals surface area (Å²) >= 11 is 6.22. The number of esters is 1. The minimum Gasteiger partial charge on any atom is -0.478 e. The lowest BCUT2D eigenvalue weighted by molar-refractivity contribution is 0.0597. The number of hydrogen-bond donors (Lipinski definition) is 1. The van der Waals surface area contributed by atoms with E-state index in [0.29, 0.717) is 8.95 Å². The highest BCUT2D eigenvalue weighted by atomic mass is 79.9. The van der Waals surface area contributed by atoms with Crippen molar-refractivity contribution >= 4 is 43.8 Å². The van der Waals surface area contributed by atoms with Crippen molar-refractivity contribution in [1.29, 1.82) is 0 Å². The molecule has 0 saturated heterocycles. The lowest BCUT2D eigenvalue weighted by Gasteiger charge is -2.06. The van der Waals surface area contributed by atoms with Crippen molar-refractivity contribution in [3.63, 3.8) is 0 Å². The SMILES string of the molecule is COC(=O)c1ccc(C(=O)O)c(Br)c1Br. The molecule has 80 valence electrons. The Kier molecular flexibility index (Phi) is 3.87. The van der Waals surface area contributed by atoms with Crippen molar-refractivity contribution in [2.75, 3.05) is 7.11 Å². The van der Waals surface area contributed by atoms with Gasteiger partial charge in [-0.25, -0.2) is 9.59 Å². The summed E-state index contributed by atoms with van der Waals surface area (Å²) in [4.78, 5) is 22.0. The molecule has 0 unspecified atom stereocenters. The summed E-state index contributed by atoms with van der Waals surface area (Å²) in [5, 5.41) is 8.81. The average molecular weight is 338 g/mol. The number of rotatable bonds is 2. The molecule has 15 heavy (non-hydrogen) atoms. The Morgan fingerprint density at radius 2 is 1.67 bits per heavy atom. The van der Waals surface area contributed by atoms with E-state index >= 15 is 0 Å². The number of hydrogen-bond acceptors (Lipinski definition) is 3. The third-order valence-corrected chi connectivity index (χ3v) is 3.90. The molecular formula is C9H6Br2O4. The minimum atomic E-state index is -1.07. The molecule has 0 atom stereocenters. The molecular weight excluding hydrogens is 332 g/mol. The van der Waals surface area contributed by atoms with E-state index < -0.39 is 11.9 Å². The van der Waals surface area contributed by atoms with E-state index in [4.69, 9.17) is 5.11 Å². The molecule has 0 fully saturated rings. The van der Waals surface area contributed by atoms with E-state index in [0.717, 1.165) is 0 Å². The standard InChI is InChI=1S/C9H6Br2O4/c1-15-9(14)5-3-2-4(8(12)13)6(10)7(5)11/h2-3H,1H3,(H,12,13). The Morgan fingerprint density at radius 1 is 1.20 bits per heavy atom. The number of methoxy groups -OCH3 is 1. The molecule has 0 aliphatic carbocycles. The van der Waals surface area contributed by atoms with Crippen molar-refractivity contribution in [2.45, 2.75) is 0 Å². The topological polar surface area (TPSA) is 63.6 Å². The van der Waals surface area contributed by atoms with Crippen molar-refractivity contribution in [3.05, 3.63) is 32.2 Å². The molecule has 0 heterocycles. The van der Waals surface area contributed by atoms with E-state index in [-0.39, 0.29) is 11.1 Å². The molecule has 0 saturated carbocycles. The van der Waals surface area contributed by atoms with Gasteiger partial charge in [0, 0.05) is 8.95 Å². The fourth-order valence-corrected chi connectivity index (χ4v) is 2.01. The van der Waals surface area contributed by atoms with E-state index in [1.54, 1.807) is 0 Å². The maximum atomic E-state index is 11.2. The van der Waals surface area contributed by atoms with Gasteiger partial charge in [-0.15, -0.1) is 0 Å². The first-order valence-electron chi connectivity index (χ1n) is 3.78. The van der Waals surface area contributed by atoms with Crippen molar-refractivity contribution in [3.8, 4) is 0 Å². The Hall–Kier alpha value is -0.880. The molecule has 1 aromatic rings. The summed E-state index contributed by atoms with van der Waals surface area (Å²) in [7, 11) is 1.26. The van der Waals surface area contributed by atoms with Gasteiger partial charge in [0.25, 0.3) is 0 Å². The number of benzene rings is 1. The lowest BCUT2D eigenvalue weighted by atomic mass is 10.1. The second-order valence-electron chi connectivity index (χ2n) is 2.59. The number of carboxylic acids is 1. The molecule has 4 nitrogen and oxygen atoms in total. The summed E-state index contributed by atoms with van der Waals surface area (Å²) in [5.41, 5.74) is 0.351. The van der Waals surface area contributed by atoms with Crippen LogP contribution in [-0.4, -0.2) is 24.2 Å². The van der Waals surface area contributed by atoms with Gasteiger partial charge in [0.15, 0.2) is 0 Å². The maximum Gasteiger partial charge on any atom is 0.339 e. The second-order valence-corrected chi connectivity index (χ2v) is 4.17. The summed E-state index contributed by atoms with van der Waals surface area (Å²) < 4.78 is 5.22. The minimum absolute atomic E-state index is 0.0783. The molecule has 0 aromatic heterocycles. The number of ether oxygens (including phenoxy) is 1. The highest BCUT2D eigenvalue weighted by molar-refractivity contribution is 9.13. The third-order valence-electron chi connectivity index (χ3n) is 1.72. The molecule has 1 aromatic carbocycles. The Balaban J connectivity index is 3.33. The van der Waals surface area contributed by atoms with Crippen LogP contribution in [0.15, 0.2) is 21.1 Å². The van der Waals surface area contributed by atoms with Gasteiger partial charge < -0.3 is 9.84 Å².